The Morgan fingerprint density at radius 2 is 1.96 bits per heavy atom. The molecule has 8 heteroatoms. The highest BCUT2D eigenvalue weighted by Crippen LogP contribution is 2.35. The molecule has 1 aliphatic heterocycles. The summed E-state index contributed by atoms with van der Waals surface area (Å²) in [6.45, 7) is 1.80. The van der Waals surface area contributed by atoms with Crippen molar-refractivity contribution in [3.63, 3.8) is 0 Å². The van der Waals surface area contributed by atoms with Gasteiger partial charge in [0.15, 0.2) is 0 Å². The quantitative estimate of drug-likeness (QED) is 0.851. The summed E-state index contributed by atoms with van der Waals surface area (Å²) in [5.41, 5.74) is 1.81. The average Bonchev–Trinajstić information content (AvgIpc) is 3.10. The van der Waals surface area contributed by atoms with E-state index in [0.29, 0.717) is 17.2 Å². The van der Waals surface area contributed by atoms with Crippen LogP contribution in [0.25, 0.3) is 0 Å². The number of tetrazole rings is 1. The largest absolute Gasteiger partial charge is 0.459 e. The molecular weight excluding hydrogens is 337 g/mol. The van der Waals surface area contributed by atoms with Gasteiger partial charge in [0.2, 0.25) is 5.95 Å². The Labute approximate surface area is 150 Å². The van der Waals surface area contributed by atoms with Gasteiger partial charge in [-0.2, -0.15) is 4.68 Å². The first-order valence-corrected chi connectivity index (χ1v) is 8.85. The Hall–Kier alpha value is -2.77. The van der Waals surface area contributed by atoms with Gasteiger partial charge in [-0.3, -0.25) is 0 Å². The Morgan fingerprint density at radius 1 is 1.23 bits per heavy atom. The lowest BCUT2D eigenvalue weighted by atomic mass is 9.95. The molecule has 1 N–H and O–H groups in total. The van der Waals surface area contributed by atoms with Gasteiger partial charge in [0, 0.05) is 5.70 Å². The van der Waals surface area contributed by atoms with E-state index in [1.54, 1.807) is 19.1 Å². The van der Waals surface area contributed by atoms with Crippen LogP contribution in [-0.4, -0.2) is 32.3 Å². The third-order valence-electron chi connectivity index (χ3n) is 4.95. The first-order chi connectivity index (χ1) is 12.6. The second kappa shape index (κ2) is 6.86. The summed E-state index contributed by atoms with van der Waals surface area (Å²) in [5.74, 6) is -0.282. The van der Waals surface area contributed by atoms with E-state index in [0.717, 1.165) is 31.2 Å². The fourth-order valence-corrected chi connectivity index (χ4v) is 3.63. The van der Waals surface area contributed by atoms with Gasteiger partial charge in [-0.1, -0.05) is 23.7 Å². The molecular formula is C18H20FN5O2. The van der Waals surface area contributed by atoms with Crippen molar-refractivity contribution >= 4 is 11.9 Å². The third kappa shape index (κ3) is 3.07. The molecule has 1 saturated carbocycles. The molecule has 0 saturated heterocycles. The fourth-order valence-electron chi connectivity index (χ4n) is 3.63. The number of anilines is 1. The fraction of sp³-hybridized carbons (Fsp3) is 0.444. The first-order valence-electron chi connectivity index (χ1n) is 8.85. The van der Waals surface area contributed by atoms with Gasteiger partial charge in [0.05, 0.1) is 5.57 Å². The predicted molar refractivity (Wildman–Crippen MR) is 91.6 cm³/mol. The maximum atomic E-state index is 13.4. The van der Waals surface area contributed by atoms with Gasteiger partial charge in [-0.15, -0.1) is 0 Å². The van der Waals surface area contributed by atoms with Crippen molar-refractivity contribution in [2.75, 3.05) is 5.32 Å². The van der Waals surface area contributed by atoms with E-state index in [1.165, 1.54) is 23.2 Å². The molecule has 1 aromatic carbocycles. The average molecular weight is 357 g/mol. The van der Waals surface area contributed by atoms with E-state index in [4.69, 9.17) is 4.74 Å². The van der Waals surface area contributed by atoms with Gasteiger partial charge in [-0.25, -0.2) is 9.18 Å². The number of fused-ring (bicyclic) bond motifs is 1. The number of hydrogen-bond donors (Lipinski definition) is 1. The van der Waals surface area contributed by atoms with E-state index in [1.807, 2.05) is 0 Å². The minimum absolute atomic E-state index is 0.0549. The monoisotopic (exact) mass is 357 g/mol. The van der Waals surface area contributed by atoms with Crippen molar-refractivity contribution < 1.29 is 13.9 Å². The van der Waals surface area contributed by atoms with E-state index >= 15 is 0 Å². The van der Waals surface area contributed by atoms with Crippen LogP contribution in [0.3, 0.4) is 0 Å². The molecule has 1 fully saturated rings. The number of rotatable bonds is 3. The highest BCUT2D eigenvalue weighted by molar-refractivity contribution is 5.92. The molecule has 7 nitrogen and oxygen atoms in total. The van der Waals surface area contributed by atoms with E-state index in [2.05, 4.69) is 20.8 Å². The minimum Gasteiger partial charge on any atom is -0.459 e. The first kappa shape index (κ1) is 16.7. The molecule has 2 heterocycles. The van der Waals surface area contributed by atoms with Crippen LogP contribution in [0.2, 0.25) is 0 Å². The number of allylic oxidation sites excluding steroid dienone is 1. The highest BCUT2D eigenvalue weighted by Gasteiger charge is 2.36. The van der Waals surface area contributed by atoms with Crippen molar-refractivity contribution in [3.8, 4) is 0 Å². The smallest absolute Gasteiger partial charge is 0.338 e. The van der Waals surface area contributed by atoms with Crippen molar-refractivity contribution in [1.29, 1.82) is 0 Å². The van der Waals surface area contributed by atoms with Crippen LogP contribution in [0.5, 0.6) is 0 Å². The summed E-state index contributed by atoms with van der Waals surface area (Å²) >= 11 is 0. The Balaban J connectivity index is 1.69. The molecule has 2 aromatic rings. The van der Waals surface area contributed by atoms with Crippen LogP contribution in [0.1, 0.15) is 50.6 Å². The molecule has 0 spiro atoms. The van der Waals surface area contributed by atoms with Crippen LogP contribution in [0.15, 0.2) is 35.5 Å². The molecule has 1 aliphatic carbocycles. The molecule has 26 heavy (non-hydrogen) atoms. The molecule has 4 rings (SSSR count). The number of hydrogen-bond acceptors (Lipinski definition) is 6. The van der Waals surface area contributed by atoms with Crippen molar-refractivity contribution in [3.05, 3.63) is 46.9 Å². The second-order valence-corrected chi connectivity index (χ2v) is 6.73. The molecule has 1 unspecified atom stereocenters. The van der Waals surface area contributed by atoms with E-state index < -0.39 is 6.04 Å². The van der Waals surface area contributed by atoms with Crippen LogP contribution >= 0.6 is 0 Å². The molecule has 1 atom stereocenters. The van der Waals surface area contributed by atoms with E-state index in [9.17, 15) is 9.18 Å². The third-order valence-corrected chi connectivity index (χ3v) is 4.95. The summed E-state index contributed by atoms with van der Waals surface area (Å²) in [6, 6.07) is 5.44. The van der Waals surface area contributed by atoms with E-state index in [-0.39, 0.29) is 17.9 Å². The number of carbonyl (C=O) groups is 1. The van der Waals surface area contributed by atoms with Gasteiger partial charge < -0.3 is 10.1 Å². The van der Waals surface area contributed by atoms with Crippen molar-refractivity contribution in [1.82, 2.24) is 20.2 Å². The van der Waals surface area contributed by atoms with Gasteiger partial charge in [0.25, 0.3) is 0 Å². The number of halogens is 1. The number of carbonyl (C=O) groups excluding carboxylic acids is 1. The summed E-state index contributed by atoms with van der Waals surface area (Å²) in [7, 11) is 0. The summed E-state index contributed by atoms with van der Waals surface area (Å²) in [4.78, 5) is 13.0. The zero-order valence-electron chi connectivity index (χ0n) is 14.5. The molecule has 0 bridgehead atoms. The van der Waals surface area contributed by atoms with Crippen LogP contribution in [0.4, 0.5) is 10.3 Å². The minimum atomic E-state index is -0.557. The van der Waals surface area contributed by atoms with Crippen LogP contribution < -0.4 is 5.32 Å². The number of nitrogens with zero attached hydrogens (tertiary/aromatic N) is 4. The summed E-state index contributed by atoms with van der Waals surface area (Å²) in [5, 5.41) is 14.7. The highest BCUT2D eigenvalue weighted by atomic mass is 19.1. The van der Waals surface area contributed by atoms with Crippen molar-refractivity contribution in [2.45, 2.75) is 51.2 Å². The topological polar surface area (TPSA) is 81.9 Å². The lowest BCUT2D eigenvalue weighted by molar-refractivity contribution is -0.146. The molecule has 136 valence electrons. The zero-order chi connectivity index (χ0) is 18.1. The standard InChI is InChI=1S/C18H20FN5O2/c1-11-15(17(25)26-14-5-3-2-4-6-14)16(12-7-9-13(19)10-8-12)24-18(20-11)21-22-23-24/h7-10,14,16H,2-6H2,1H3,(H,20,21,23). The molecule has 2 aliphatic rings. The Morgan fingerprint density at radius 3 is 2.69 bits per heavy atom. The molecule has 0 radical (unpaired) electrons. The molecule has 0 amide bonds. The lowest BCUT2D eigenvalue weighted by Gasteiger charge is -2.29. The van der Waals surface area contributed by atoms with Gasteiger partial charge in [-0.05, 0) is 60.7 Å². The maximum absolute atomic E-state index is 13.4. The number of benzene rings is 1. The number of aromatic nitrogens is 4. The lowest BCUT2D eigenvalue weighted by Crippen LogP contribution is -2.32. The maximum Gasteiger partial charge on any atom is 0.338 e. The number of esters is 1. The van der Waals surface area contributed by atoms with Crippen LogP contribution in [0, 0.1) is 5.82 Å². The van der Waals surface area contributed by atoms with Gasteiger partial charge in [0.1, 0.15) is 18.0 Å². The predicted octanol–water partition coefficient (Wildman–Crippen LogP) is 2.98. The normalized spacial score (nSPS) is 20.5. The van der Waals surface area contributed by atoms with Crippen LogP contribution in [-0.2, 0) is 9.53 Å². The zero-order valence-corrected chi connectivity index (χ0v) is 14.5. The van der Waals surface area contributed by atoms with Gasteiger partial charge >= 0.3 is 5.97 Å². The molecule has 1 aromatic heterocycles. The Bertz CT molecular complexity index is 840. The number of ether oxygens (including phenoxy) is 1. The second-order valence-electron chi connectivity index (χ2n) is 6.73. The number of nitrogens with one attached hydrogen (secondary N) is 1. The Kier molecular flexibility index (Phi) is 4.40. The van der Waals surface area contributed by atoms with Crippen molar-refractivity contribution in [2.24, 2.45) is 0 Å². The summed E-state index contributed by atoms with van der Waals surface area (Å²) in [6.07, 6.45) is 5.06. The summed E-state index contributed by atoms with van der Waals surface area (Å²) < 4.78 is 20.7. The SMILES string of the molecule is CC1=C(C(=O)OC2CCCCC2)C(c2ccc(F)cc2)n2nnnc2N1.